The van der Waals surface area contributed by atoms with Crippen molar-refractivity contribution < 1.29 is 0 Å². The van der Waals surface area contributed by atoms with Crippen LogP contribution in [0.5, 0.6) is 0 Å². The van der Waals surface area contributed by atoms with Crippen LogP contribution >= 0.6 is 0 Å². The molecule has 0 unspecified atom stereocenters. The third-order valence-electron chi connectivity index (χ3n) is 4.10. The third-order valence-corrected chi connectivity index (χ3v) is 4.10. The first-order chi connectivity index (χ1) is 10.8. The molecule has 2 nitrogen and oxygen atoms in total. The molecule has 0 spiro atoms. The number of nitrogens with zero attached hydrogens (tertiary/aromatic N) is 1. The van der Waals surface area contributed by atoms with Crippen molar-refractivity contribution in [3.8, 4) is 11.1 Å². The quantitative estimate of drug-likeness (QED) is 0.474. The van der Waals surface area contributed by atoms with Gasteiger partial charge in [0.1, 0.15) is 0 Å². The minimum atomic E-state index is 0.0685. The second-order valence-corrected chi connectivity index (χ2v) is 5.50. The maximum Gasteiger partial charge on any atom is 0.190 e. The Morgan fingerprint density at radius 2 is 1.50 bits per heavy atom. The van der Waals surface area contributed by atoms with Gasteiger partial charge in [-0.25, -0.2) is 0 Å². The lowest BCUT2D eigenvalue weighted by atomic mass is 10.0. The molecule has 0 amide bonds. The summed E-state index contributed by atoms with van der Waals surface area (Å²) < 4.78 is 2.17. The number of pyridine rings is 2. The van der Waals surface area contributed by atoms with Crippen LogP contribution < -0.4 is 5.43 Å². The molecule has 2 aromatic carbocycles. The van der Waals surface area contributed by atoms with E-state index >= 15 is 0 Å². The Hall–Kier alpha value is -2.87. The fourth-order valence-corrected chi connectivity index (χ4v) is 3.13. The molecule has 106 valence electrons. The summed E-state index contributed by atoms with van der Waals surface area (Å²) in [4.78, 5) is 12.6. The Balaban J connectivity index is 2.23. The van der Waals surface area contributed by atoms with Crippen molar-refractivity contribution in [3.05, 3.63) is 88.7 Å². The zero-order valence-electron chi connectivity index (χ0n) is 12.3. The van der Waals surface area contributed by atoms with Crippen LogP contribution in [0.15, 0.2) is 77.6 Å². The number of fused-ring (bicyclic) bond motifs is 3. The van der Waals surface area contributed by atoms with Gasteiger partial charge in [0.25, 0.3) is 0 Å². The lowest BCUT2D eigenvalue weighted by Crippen LogP contribution is -2.10. The molecule has 0 aliphatic heterocycles. The predicted octanol–water partition coefficient (Wildman–Crippen LogP) is 4.43. The summed E-state index contributed by atoms with van der Waals surface area (Å²) in [7, 11) is 0. The number of rotatable bonds is 1. The van der Waals surface area contributed by atoms with Crippen LogP contribution in [-0.2, 0) is 0 Å². The zero-order valence-corrected chi connectivity index (χ0v) is 12.3. The Morgan fingerprint density at radius 1 is 0.773 bits per heavy atom. The van der Waals surface area contributed by atoms with Gasteiger partial charge in [0.05, 0.1) is 16.6 Å². The SMILES string of the molecule is Cc1cc(=O)c(-c2ccccc2)c2ccc3ccccc3n12. The molecule has 4 rings (SSSR count). The van der Waals surface area contributed by atoms with Crippen LogP contribution in [0.1, 0.15) is 5.69 Å². The van der Waals surface area contributed by atoms with E-state index in [-0.39, 0.29) is 5.43 Å². The van der Waals surface area contributed by atoms with Gasteiger partial charge in [-0.3, -0.25) is 4.79 Å². The molecule has 0 atom stereocenters. The van der Waals surface area contributed by atoms with E-state index < -0.39 is 0 Å². The first kappa shape index (κ1) is 12.8. The predicted molar refractivity (Wildman–Crippen MR) is 91.3 cm³/mol. The number of hydrogen-bond donors (Lipinski definition) is 0. The lowest BCUT2D eigenvalue weighted by Gasteiger charge is -2.13. The Labute approximate surface area is 128 Å². The van der Waals surface area contributed by atoms with E-state index in [1.54, 1.807) is 6.07 Å². The second kappa shape index (κ2) is 4.85. The van der Waals surface area contributed by atoms with Gasteiger partial charge in [0.2, 0.25) is 0 Å². The van der Waals surface area contributed by atoms with Crippen LogP contribution in [0.3, 0.4) is 0 Å². The molecule has 0 saturated heterocycles. The topological polar surface area (TPSA) is 21.5 Å². The number of benzene rings is 2. The van der Waals surface area contributed by atoms with E-state index in [1.807, 2.05) is 55.5 Å². The average molecular weight is 285 g/mol. The van der Waals surface area contributed by atoms with E-state index in [0.717, 1.165) is 27.9 Å². The normalized spacial score (nSPS) is 11.1. The summed E-state index contributed by atoms with van der Waals surface area (Å²) >= 11 is 0. The fraction of sp³-hybridized carbons (Fsp3) is 0.0500. The molecule has 0 bridgehead atoms. The molecule has 22 heavy (non-hydrogen) atoms. The van der Waals surface area contributed by atoms with Gasteiger partial charge >= 0.3 is 0 Å². The molecule has 0 fully saturated rings. The summed E-state index contributed by atoms with van der Waals surface area (Å²) in [5.74, 6) is 0. The number of para-hydroxylation sites is 1. The highest BCUT2D eigenvalue weighted by Crippen LogP contribution is 2.25. The fourth-order valence-electron chi connectivity index (χ4n) is 3.13. The number of hydrogen-bond acceptors (Lipinski definition) is 1. The number of aryl methyl sites for hydroxylation is 1. The maximum atomic E-state index is 12.6. The minimum absolute atomic E-state index is 0.0685. The Bertz CT molecular complexity index is 1050. The highest BCUT2D eigenvalue weighted by atomic mass is 16.1. The van der Waals surface area contributed by atoms with Gasteiger partial charge in [0.15, 0.2) is 5.43 Å². The highest BCUT2D eigenvalue weighted by Gasteiger charge is 2.11. The smallest absolute Gasteiger partial charge is 0.190 e. The van der Waals surface area contributed by atoms with Crippen molar-refractivity contribution in [1.29, 1.82) is 0 Å². The van der Waals surface area contributed by atoms with Crippen LogP contribution in [0.4, 0.5) is 0 Å². The Morgan fingerprint density at radius 3 is 2.32 bits per heavy atom. The molecular formula is C20H15NO. The summed E-state index contributed by atoms with van der Waals surface area (Å²) in [6.45, 7) is 1.98. The highest BCUT2D eigenvalue weighted by molar-refractivity contribution is 5.89. The van der Waals surface area contributed by atoms with Crippen molar-refractivity contribution in [1.82, 2.24) is 4.40 Å². The molecular weight excluding hydrogens is 270 g/mol. The van der Waals surface area contributed by atoms with E-state index in [9.17, 15) is 4.79 Å². The van der Waals surface area contributed by atoms with E-state index in [4.69, 9.17) is 0 Å². The van der Waals surface area contributed by atoms with E-state index in [0.29, 0.717) is 0 Å². The summed E-state index contributed by atoms with van der Waals surface area (Å²) in [5.41, 5.74) is 4.82. The van der Waals surface area contributed by atoms with Gasteiger partial charge in [-0.1, -0.05) is 54.6 Å². The molecule has 4 aromatic rings. The molecule has 0 N–H and O–H groups in total. The Kier molecular flexibility index (Phi) is 2.83. The van der Waals surface area contributed by atoms with Crippen molar-refractivity contribution in [2.45, 2.75) is 6.92 Å². The molecule has 0 aliphatic carbocycles. The summed E-state index contributed by atoms with van der Waals surface area (Å²) in [6.07, 6.45) is 0. The van der Waals surface area contributed by atoms with Crippen molar-refractivity contribution in [3.63, 3.8) is 0 Å². The zero-order chi connectivity index (χ0) is 15.1. The van der Waals surface area contributed by atoms with Crippen molar-refractivity contribution in [2.75, 3.05) is 0 Å². The van der Waals surface area contributed by atoms with E-state index in [2.05, 4.69) is 22.6 Å². The van der Waals surface area contributed by atoms with E-state index in [1.165, 1.54) is 5.39 Å². The van der Waals surface area contributed by atoms with Crippen LogP contribution in [0, 0.1) is 6.92 Å². The lowest BCUT2D eigenvalue weighted by molar-refractivity contribution is 1.12. The van der Waals surface area contributed by atoms with Crippen LogP contribution in [0.2, 0.25) is 0 Å². The van der Waals surface area contributed by atoms with Gasteiger partial charge in [-0.05, 0) is 30.0 Å². The molecule has 2 heteroatoms. The minimum Gasteiger partial charge on any atom is -0.313 e. The van der Waals surface area contributed by atoms with Crippen LogP contribution in [0.25, 0.3) is 27.5 Å². The average Bonchev–Trinajstić information content (AvgIpc) is 2.55. The molecule has 2 aromatic heterocycles. The second-order valence-electron chi connectivity index (χ2n) is 5.50. The summed E-state index contributed by atoms with van der Waals surface area (Å²) in [5, 5.41) is 1.17. The monoisotopic (exact) mass is 285 g/mol. The number of aromatic nitrogens is 1. The third kappa shape index (κ3) is 1.85. The van der Waals surface area contributed by atoms with Crippen molar-refractivity contribution in [2.24, 2.45) is 0 Å². The maximum absolute atomic E-state index is 12.6. The van der Waals surface area contributed by atoms with Gasteiger partial charge in [-0.15, -0.1) is 0 Å². The van der Waals surface area contributed by atoms with Gasteiger partial charge < -0.3 is 4.40 Å². The van der Waals surface area contributed by atoms with Gasteiger partial charge in [-0.2, -0.15) is 0 Å². The standard InChI is InChI=1S/C20H15NO/c1-14-13-19(22)20(16-8-3-2-4-9-16)18-12-11-15-7-5-6-10-17(15)21(14)18/h2-13H,1H3. The first-order valence-corrected chi connectivity index (χ1v) is 7.35. The summed E-state index contributed by atoms with van der Waals surface area (Å²) in [6, 6.07) is 24.0. The first-order valence-electron chi connectivity index (χ1n) is 7.35. The van der Waals surface area contributed by atoms with Crippen LogP contribution in [-0.4, -0.2) is 4.40 Å². The van der Waals surface area contributed by atoms with Gasteiger partial charge in [0, 0.05) is 11.8 Å². The molecule has 0 saturated carbocycles. The molecule has 0 radical (unpaired) electrons. The molecule has 2 heterocycles. The molecule has 0 aliphatic rings. The van der Waals surface area contributed by atoms with Crippen molar-refractivity contribution >= 4 is 16.4 Å². The largest absolute Gasteiger partial charge is 0.313 e.